The van der Waals surface area contributed by atoms with Gasteiger partial charge in [0.25, 0.3) is 0 Å². The Morgan fingerprint density at radius 1 is 1.33 bits per heavy atom. The summed E-state index contributed by atoms with van der Waals surface area (Å²) in [7, 11) is 1.80. The summed E-state index contributed by atoms with van der Waals surface area (Å²) in [5, 5.41) is 5.90. The van der Waals surface area contributed by atoms with E-state index in [-0.39, 0.29) is 0 Å². The lowest BCUT2D eigenvalue weighted by Crippen LogP contribution is -2.14. The first-order valence-electron chi connectivity index (χ1n) is 3.80. The van der Waals surface area contributed by atoms with Crippen molar-refractivity contribution in [3.8, 4) is 0 Å². The fourth-order valence-electron chi connectivity index (χ4n) is 0.749. The van der Waals surface area contributed by atoms with E-state index < -0.39 is 0 Å². The van der Waals surface area contributed by atoms with Crippen molar-refractivity contribution in [2.45, 2.75) is 0 Å². The third-order valence-electron chi connectivity index (χ3n) is 1.36. The molecule has 0 aromatic carbocycles. The molecule has 5 nitrogen and oxygen atoms in total. The zero-order valence-electron chi connectivity index (χ0n) is 7.04. The number of anilines is 2. The summed E-state index contributed by atoms with van der Waals surface area (Å²) in [5.74, 6) is 1.51. The largest absolute Gasteiger partial charge is 0.372 e. The highest BCUT2D eigenvalue weighted by Gasteiger charge is 1.92. The van der Waals surface area contributed by atoms with E-state index in [1.807, 2.05) is 0 Å². The second kappa shape index (κ2) is 4.50. The maximum Gasteiger partial charge on any atom is 0.144 e. The van der Waals surface area contributed by atoms with Gasteiger partial charge in [0.15, 0.2) is 0 Å². The van der Waals surface area contributed by atoms with Crippen LogP contribution in [0, 0.1) is 0 Å². The third kappa shape index (κ3) is 2.35. The summed E-state index contributed by atoms with van der Waals surface area (Å²) in [6.07, 6.45) is 3.33. The van der Waals surface area contributed by atoms with Crippen molar-refractivity contribution in [1.29, 1.82) is 0 Å². The van der Waals surface area contributed by atoms with Crippen molar-refractivity contribution < 1.29 is 0 Å². The molecule has 0 atom stereocenters. The molecular formula is C7H13N5. The molecule has 0 aliphatic rings. The smallest absolute Gasteiger partial charge is 0.144 e. The number of rotatable bonds is 4. The second-order valence-electron chi connectivity index (χ2n) is 2.25. The molecule has 12 heavy (non-hydrogen) atoms. The molecule has 0 saturated carbocycles. The molecule has 0 saturated heterocycles. The van der Waals surface area contributed by atoms with E-state index in [0.29, 0.717) is 13.1 Å². The maximum absolute atomic E-state index is 5.31. The molecule has 1 rings (SSSR count). The molecule has 0 aliphatic carbocycles. The van der Waals surface area contributed by atoms with Crippen LogP contribution in [-0.4, -0.2) is 30.1 Å². The number of nitrogens with one attached hydrogen (secondary N) is 2. The molecule has 1 aromatic rings. The van der Waals surface area contributed by atoms with Crippen molar-refractivity contribution in [3.05, 3.63) is 12.4 Å². The number of hydrogen-bond donors (Lipinski definition) is 3. The molecule has 0 fully saturated rings. The summed E-state index contributed by atoms with van der Waals surface area (Å²) in [4.78, 5) is 8.17. The topological polar surface area (TPSA) is 75.9 Å². The van der Waals surface area contributed by atoms with Crippen LogP contribution in [0.25, 0.3) is 0 Å². The van der Waals surface area contributed by atoms with Gasteiger partial charge in [-0.1, -0.05) is 0 Å². The first-order valence-corrected chi connectivity index (χ1v) is 3.80. The molecular weight excluding hydrogens is 154 g/mol. The quantitative estimate of drug-likeness (QED) is 0.583. The van der Waals surface area contributed by atoms with Crippen LogP contribution in [0.2, 0.25) is 0 Å². The summed E-state index contributed by atoms with van der Waals surface area (Å²) in [6.45, 7) is 1.31. The van der Waals surface area contributed by atoms with Crippen LogP contribution < -0.4 is 16.4 Å². The molecule has 0 aliphatic heterocycles. The monoisotopic (exact) mass is 167 g/mol. The van der Waals surface area contributed by atoms with Crippen LogP contribution in [0.1, 0.15) is 0 Å². The predicted octanol–water partition coefficient (Wildman–Crippen LogP) is -0.111. The van der Waals surface area contributed by atoms with Crippen molar-refractivity contribution in [1.82, 2.24) is 9.97 Å². The van der Waals surface area contributed by atoms with Gasteiger partial charge < -0.3 is 16.4 Å². The Morgan fingerprint density at radius 2 is 2.00 bits per heavy atom. The maximum atomic E-state index is 5.31. The van der Waals surface area contributed by atoms with Crippen LogP contribution in [0.5, 0.6) is 0 Å². The lowest BCUT2D eigenvalue weighted by molar-refractivity contribution is 1.00. The van der Waals surface area contributed by atoms with Gasteiger partial charge in [-0.3, -0.25) is 0 Å². The van der Waals surface area contributed by atoms with E-state index in [4.69, 9.17) is 5.73 Å². The molecule has 1 aromatic heterocycles. The summed E-state index contributed by atoms with van der Waals surface area (Å²) >= 11 is 0. The Balaban J connectivity index is 2.53. The lowest BCUT2D eigenvalue weighted by Gasteiger charge is -2.03. The zero-order valence-corrected chi connectivity index (χ0v) is 7.04. The van der Waals surface area contributed by atoms with Gasteiger partial charge in [0.2, 0.25) is 0 Å². The molecule has 0 radical (unpaired) electrons. The van der Waals surface area contributed by atoms with Gasteiger partial charge in [0, 0.05) is 20.1 Å². The van der Waals surface area contributed by atoms with Gasteiger partial charge in [-0.2, -0.15) is 0 Å². The van der Waals surface area contributed by atoms with E-state index in [1.165, 1.54) is 0 Å². The zero-order chi connectivity index (χ0) is 8.81. The summed E-state index contributed by atoms with van der Waals surface area (Å²) in [6, 6.07) is 0. The fraction of sp³-hybridized carbons (Fsp3) is 0.429. The average Bonchev–Trinajstić information content (AvgIpc) is 2.15. The Labute approximate surface area is 71.4 Å². The molecule has 0 amide bonds. The van der Waals surface area contributed by atoms with Crippen molar-refractivity contribution in [3.63, 3.8) is 0 Å². The van der Waals surface area contributed by atoms with Gasteiger partial charge in [-0.15, -0.1) is 0 Å². The Bertz CT molecular complexity index is 220. The van der Waals surface area contributed by atoms with Crippen molar-refractivity contribution in [2.75, 3.05) is 30.8 Å². The fourth-order valence-corrected chi connectivity index (χ4v) is 0.749. The predicted molar refractivity (Wildman–Crippen MR) is 49.1 cm³/mol. The second-order valence-corrected chi connectivity index (χ2v) is 2.25. The van der Waals surface area contributed by atoms with E-state index in [0.717, 1.165) is 11.6 Å². The normalized spacial score (nSPS) is 9.50. The Kier molecular flexibility index (Phi) is 3.28. The van der Waals surface area contributed by atoms with E-state index in [9.17, 15) is 0 Å². The van der Waals surface area contributed by atoms with Crippen LogP contribution in [0.15, 0.2) is 12.4 Å². The number of nitrogens with zero attached hydrogens (tertiary/aromatic N) is 2. The van der Waals surface area contributed by atoms with Crippen LogP contribution in [-0.2, 0) is 0 Å². The van der Waals surface area contributed by atoms with E-state index in [1.54, 1.807) is 19.4 Å². The van der Waals surface area contributed by atoms with E-state index in [2.05, 4.69) is 20.6 Å². The van der Waals surface area contributed by atoms with Crippen molar-refractivity contribution >= 4 is 11.6 Å². The highest BCUT2D eigenvalue weighted by atomic mass is 15.0. The molecule has 0 bridgehead atoms. The first-order chi connectivity index (χ1) is 5.86. The third-order valence-corrected chi connectivity index (χ3v) is 1.36. The van der Waals surface area contributed by atoms with Gasteiger partial charge in [0.05, 0.1) is 12.4 Å². The van der Waals surface area contributed by atoms with Crippen LogP contribution >= 0.6 is 0 Å². The van der Waals surface area contributed by atoms with Gasteiger partial charge >= 0.3 is 0 Å². The van der Waals surface area contributed by atoms with Gasteiger partial charge in [-0.05, 0) is 0 Å². The molecule has 0 unspecified atom stereocenters. The minimum absolute atomic E-state index is 0.593. The minimum Gasteiger partial charge on any atom is -0.372 e. The minimum atomic E-state index is 0.593. The molecule has 0 spiro atoms. The van der Waals surface area contributed by atoms with Crippen molar-refractivity contribution in [2.24, 2.45) is 5.73 Å². The molecule has 1 heterocycles. The van der Waals surface area contributed by atoms with Gasteiger partial charge in [-0.25, -0.2) is 9.97 Å². The molecule has 4 N–H and O–H groups in total. The first kappa shape index (κ1) is 8.73. The Morgan fingerprint density at radius 3 is 2.50 bits per heavy atom. The summed E-state index contributed by atoms with van der Waals surface area (Å²) < 4.78 is 0. The summed E-state index contributed by atoms with van der Waals surface area (Å²) in [5.41, 5.74) is 5.31. The molecule has 66 valence electrons. The standard InChI is InChI=1S/C7H13N5/c1-9-6-4-12-7(5-11-6)10-3-2-8/h4-5H,2-3,8H2,1H3,(H,9,11)(H,10,12). The molecule has 5 heteroatoms. The highest BCUT2D eigenvalue weighted by molar-refractivity contribution is 5.38. The lowest BCUT2D eigenvalue weighted by atomic mass is 10.5. The van der Waals surface area contributed by atoms with Gasteiger partial charge in [0.1, 0.15) is 11.6 Å². The SMILES string of the molecule is CNc1cnc(NCCN)cn1. The Hall–Kier alpha value is -1.36. The van der Waals surface area contributed by atoms with E-state index >= 15 is 0 Å². The number of aromatic nitrogens is 2. The number of nitrogens with two attached hydrogens (primary N) is 1. The average molecular weight is 167 g/mol. The number of hydrogen-bond acceptors (Lipinski definition) is 5. The highest BCUT2D eigenvalue weighted by Crippen LogP contribution is 2.02. The van der Waals surface area contributed by atoms with Crippen LogP contribution in [0.3, 0.4) is 0 Å². The van der Waals surface area contributed by atoms with Crippen LogP contribution in [0.4, 0.5) is 11.6 Å².